The molecule has 0 spiro atoms. The van der Waals surface area contributed by atoms with Crippen molar-refractivity contribution < 1.29 is 9.53 Å². The van der Waals surface area contributed by atoms with E-state index in [1.54, 1.807) is 0 Å². The lowest BCUT2D eigenvalue weighted by atomic mass is 9.87. The van der Waals surface area contributed by atoms with Crippen molar-refractivity contribution in [2.45, 2.75) is 44.8 Å². The highest BCUT2D eigenvalue weighted by Gasteiger charge is 2.34. The molecule has 23 heavy (non-hydrogen) atoms. The zero-order chi connectivity index (χ0) is 16.1. The van der Waals surface area contributed by atoms with E-state index < -0.39 is 0 Å². The lowest BCUT2D eigenvalue weighted by Crippen LogP contribution is -2.47. The van der Waals surface area contributed by atoms with Crippen molar-refractivity contribution in [1.82, 2.24) is 10.6 Å². The van der Waals surface area contributed by atoms with Gasteiger partial charge in [-0.3, -0.25) is 4.79 Å². The van der Waals surface area contributed by atoms with Crippen LogP contribution in [0.5, 0.6) is 0 Å². The molecule has 0 bridgehead atoms. The molecule has 4 unspecified atom stereocenters. The lowest BCUT2D eigenvalue weighted by Gasteiger charge is -2.34. The van der Waals surface area contributed by atoms with Gasteiger partial charge in [0.15, 0.2) is 0 Å². The van der Waals surface area contributed by atoms with E-state index in [0.717, 1.165) is 38.1 Å². The molecule has 0 saturated carbocycles. The van der Waals surface area contributed by atoms with Crippen LogP contribution >= 0.6 is 0 Å². The van der Waals surface area contributed by atoms with Gasteiger partial charge in [0.2, 0.25) is 5.91 Å². The van der Waals surface area contributed by atoms with Gasteiger partial charge in [0.05, 0.1) is 12.0 Å². The van der Waals surface area contributed by atoms with Crippen molar-refractivity contribution >= 4 is 5.91 Å². The van der Waals surface area contributed by atoms with Gasteiger partial charge in [0.1, 0.15) is 0 Å². The minimum absolute atomic E-state index is 0.0786. The zero-order valence-electron chi connectivity index (χ0n) is 14.0. The second-order valence-electron chi connectivity index (χ2n) is 6.85. The molecule has 0 aliphatic carbocycles. The van der Waals surface area contributed by atoms with Crippen LogP contribution in [0.2, 0.25) is 0 Å². The van der Waals surface area contributed by atoms with Crippen LogP contribution in [0.1, 0.15) is 44.3 Å². The summed E-state index contributed by atoms with van der Waals surface area (Å²) in [7, 11) is 0. The molecule has 1 aromatic rings. The van der Waals surface area contributed by atoms with Gasteiger partial charge in [0.25, 0.3) is 0 Å². The third kappa shape index (κ3) is 4.12. The number of carbonyl (C=O) groups is 1. The molecule has 4 atom stereocenters. The molecule has 2 aliphatic heterocycles. The van der Waals surface area contributed by atoms with Crippen LogP contribution in [0, 0.1) is 11.8 Å². The number of hydrogen-bond acceptors (Lipinski definition) is 3. The average molecular weight is 316 g/mol. The smallest absolute Gasteiger partial charge is 0.226 e. The van der Waals surface area contributed by atoms with Gasteiger partial charge in [-0.1, -0.05) is 30.3 Å². The minimum atomic E-state index is -0.110. The Kier molecular flexibility index (Phi) is 5.68. The summed E-state index contributed by atoms with van der Waals surface area (Å²) in [5.41, 5.74) is 1.11. The SMILES string of the molecule is CC(NC(=O)C1CCCOC1c1ccccc1)C1CCCNC1. The molecule has 3 rings (SSSR count). The van der Waals surface area contributed by atoms with Crippen LogP contribution in [0.3, 0.4) is 0 Å². The highest BCUT2D eigenvalue weighted by atomic mass is 16.5. The Hall–Kier alpha value is -1.39. The first-order valence-electron chi connectivity index (χ1n) is 8.93. The maximum atomic E-state index is 12.8. The molecule has 2 fully saturated rings. The second kappa shape index (κ2) is 7.93. The molecule has 4 nitrogen and oxygen atoms in total. The first-order valence-corrected chi connectivity index (χ1v) is 8.93. The third-order valence-electron chi connectivity index (χ3n) is 5.20. The maximum absolute atomic E-state index is 12.8. The first-order chi connectivity index (χ1) is 11.3. The van der Waals surface area contributed by atoms with E-state index in [4.69, 9.17) is 4.74 Å². The van der Waals surface area contributed by atoms with Gasteiger partial charge in [-0.15, -0.1) is 0 Å². The molecule has 0 radical (unpaired) electrons. The van der Waals surface area contributed by atoms with Crippen LogP contribution in [0.25, 0.3) is 0 Å². The Morgan fingerprint density at radius 3 is 2.83 bits per heavy atom. The summed E-state index contributed by atoms with van der Waals surface area (Å²) < 4.78 is 5.95. The zero-order valence-corrected chi connectivity index (χ0v) is 14.0. The first kappa shape index (κ1) is 16.5. The average Bonchev–Trinajstić information content (AvgIpc) is 2.63. The topological polar surface area (TPSA) is 50.4 Å². The van der Waals surface area contributed by atoms with E-state index in [1.807, 2.05) is 18.2 Å². The highest BCUT2D eigenvalue weighted by Crippen LogP contribution is 2.34. The summed E-state index contributed by atoms with van der Waals surface area (Å²) in [6, 6.07) is 10.4. The van der Waals surface area contributed by atoms with E-state index in [2.05, 4.69) is 29.7 Å². The molecular weight excluding hydrogens is 288 g/mol. The van der Waals surface area contributed by atoms with Crippen LogP contribution in [-0.2, 0) is 9.53 Å². The van der Waals surface area contributed by atoms with Gasteiger partial charge < -0.3 is 15.4 Å². The third-order valence-corrected chi connectivity index (χ3v) is 5.20. The fraction of sp³-hybridized carbons (Fsp3) is 0.632. The van der Waals surface area contributed by atoms with Gasteiger partial charge in [-0.05, 0) is 57.2 Å². The number of rotatable bonds is 4. The Bertz CT molecular complexity index is 499. The summed E-state index contributed by atoms with van der Waals surface area (Å²) in [6.45, 7) is 4.98. The van der Waals surface area contributed by atoms with Crippen LogP contribution in [0.4, 0.5) is 0 Å². The molecular formula is C19H28N2O2. The second-order valence-corrected chi connectivity index (χ2v) is 6.85. The summed E-state index contributed by atoms with van der Waals surface area (Å²) in [5, 5.41) is 6.69. The monoisotopic (exact) mass is 316 g/mol. The van der Waals surface area contributed by atoms with Crippen LogP contribution in [0.15, 0.2) is 30.3 Å². The van der Waals surface area contributed by atoms with E-state index in [1.165, 1.54) is 12.8 Å². The van der Waals surface area contributed by atoms with E-state index in [9.17, 15) is 4.79 Å². The predicted octanol–water partition coefficient (Wildman–Crippen LogP) is 2.66. The van der Waals surface area contributed by atoms with Crippen molar-refractivity contribution in [3.63, 3.8) is 0 Å². The molecule has 2 aliphatic rings. The van der Waals surface area contributed by atoms with Crippen molar-refractivity contribution in [2.24, 2.45) is 11.8 Å². The van der Waals surface area contributed by atoms with E-state index in [0.29, 0.717) is 5.92 Å². The van der Waals surface area contributed by atoms with Gasteiger partial charge in [0, 0.05) is 12.6 Å². The molecule has 4 heteroatoms. The molecule has 0 aromatic heterocycles. The molecule has 2 heterocycles. The molecule has 1 amide bonds. The van der Waals surface area contributed by atoms with E-state index in [-0.39, 0.29) is 24.0 Å². The largest absolute Gasteiger partial charge is 0.373 e. The van der Waals surface area contributed by atoms with Gasteiger partial charge in [-0.2, -0.15) is 0 Å². The number of nitrogens with one attached hydrogen (secondary N) is 2. The molecule has 2 saturated heterocycles. The standard InChI is InChI=1S/C19H28N2O2/c1-14(16-9-5-11-20-13-16)21-19(22)17-10-6-12-23-18(17)15-7-3-2-4-8-15/h2-4,7-8,14,16-18,20H,5-6,9-13H2,1H3,(H,21,22). The van der Waals surface area contributed by atoms with Gasteiger partial charge in [-0.25, -0.2) is 0 Å². The summed E-state index contributed by atoms with van der Waals surface area (Å²) >= 11 is 0. The minimum Gasteiger partial charge on any atom is -0.373 e. The van der Waals surface area contributed by atoms with Crippen molar-refractivity contribution in [3.05, 3.63) is 35.9 Å². The fourth-order valence-corrected chi connectivity index (χ4v) is 3.78. The number of piperidine rings is 1. The van der Waals surface area contributed by atoms with Crippen molar-refractivity contribution in [2.75, 3.05) is 19.7 Å². The normalized spacial score (nSPS) is 29.7. The number of ether oxygens (including phenoxy) is 1. The lowest BCUT2D eigenvalue weighted by molar-refractivity contribution is -0.135. The van der Waals surface area contributed by atoms with Crippen molar-refractivity contribution in [3.8, 4) is 0 Å². The highest BCUT2D eigenvalue weighted by molar-refractivity contribution is 5.80. The number of carbonyl (C=O) groups excluding carboxylic acids is 1. The van der Waals surface area contributed by atoms with Gasteiger partial charge >= 0.3 is 0 Å². The molecule has 2 N–H and O–H groups in total. The molecule has 1 aromatic carbocycles. The summed E-state index contributed by atoms with van der Waals surface area (Å²) in [5.74, 6) is 0.606. The fourth-order valence-electron chi connectivity index (χ4n) is 3.78. The Balaban J connectivity index is 1.64. The Morgan fingerprint density at radius 1 is 1.26 bits per heavy atom. The quantitative estimate of drug-likeness (QED) is 0.898. The number of amides is 1. The number of hydrogen-bond donors (Lipinski definition) is 2. The Labute approximate surface area is 139 Å². The predicted molar refractivity (Wildman–Crippen MR) is 91.1 cm³/mol. The molecule has 126 valence electrons. The van der Waals surface area contributed by atoms with E-state index >= 15 is 0 Å². The summed E-state index contributed by atoms with van der Waals surface area (Å²) in [6.07, 6.45) is 4.14. The number of benzene rings is 1. The maximum Gasteiger partial charge on any atom is 0.226 e. The van der Waals surface area contributed by atoms with Crippen molar-refractivity contribution in [1.29, 1.82) is 0 Å². The summed E-state index contributed by atoms with van der Waals surface area (Å²) in [4.78, 5) is 12.8. The Morgan fingerprint density at radius 2 is 2.09 bits per heavy atom. The van der Waals surface area contributed by atoms with Crippen LogP contribution < -0.4 is 10.6 Å². The van der Waals surface area contributed by atoms with Crippen LogP contribution in [-0.4, -0.2) is 31.6 Å².